The number of primary amides is 1. The third-order valence-electron chi connectivity index (χ3n) is 3.68. The number of thiophene rings is 1. The van der Waals surface area contributed by atoms with Crippen molar-refractivity contribution in [3.05, 3.63) is 44.8 Å². The van der Waals surface area contributed by atoms with Gasteiger partial charge in [-0.1, -0.05) is 11.6 Å². The number of hydrogen-bond acceptors (Lipinski definition) is 4. The monoisotopic (exact) mass is 366 g/mol. The van der Waals surface area contributed by atoms with Crippen molar-refractivity contribution in [2.45, 2.75) is 33.8 Å². The third-order valence-corrected chi connectivity index (χ3v) is 5.23. The molecule has 0 aliphatic carbocycles. The lowest BCUT2D eigenvalue weighted by atomic mass is 10.1. The zero-order valence-corrected chi connectivity index (χ0v) is 15.5. The summed E-state index contributed by atoms with van der Waals surface area (Å²) in [5, 5.41) is 3.81. The Hall–Kier alpha value is -2.05. The van der Waals surface area contributed by atoms with Gasteiger partial charge in [0.25, 0.3) is 11.8 Å². The van der Waals surface area contributed by atoms with E-state index in [4.69, 9.17) is 22.1 Å². The van der Waals surface area contributed by atoms with E-state index in [1.54, 1.807) is 32.0 Å². The molecule has 5 nitrogen and oxygen atoms in total. The van der Waals surface area contributed by atoms with E-state index in [9.17, 15) is 9.59 Å². The van der Waals surface area contributed by atoms with Crippen molar-refractivity contribution in [3.63, 3.8) is 0 Å². The molecule has 2 aromatic rings. The van der Waals surface area contributed by atoms with E-state index in [2.05, 4.69) is 5.32 Å². The topological polar surface area (TPSA) is 81.4 Å². The van der Waals surface area contributed by atoms with Crippen LogP contribution in [0.25, 0.3) is 0 Å². The number of benzene rings is 1. The maximum absolute atomic E-state index is 12.4. The number of nitrogens with two attached hydrogens (primary N) is 1. The first-order valence-electron chi connectivity index (χ1n) is 7.34. The highest BCUT2D eigenvalue weighted by Gasteiger charge is 2.22. The second kappa shape index (κ2) is 7.23. The molecule has 1 atom stereocenters. The normalized spacial score (nSPS) is 11.9. The lowest BCUT2D eigenvalue weighted by Gasteiger charge is -2.15. The van der Waals surface area contributed by atoms with Gasteiger partial charge in [0.1, 0.15) is 10.8 Å². The number of aryl methyl sites for hydroxylation is 2. The summed E-state index contributed by atoms with van der Waals surface area (Å²) in [4.78, 5) is 24.9. The molecule has 2 rings (SSSR count). The molecule has 24 heavy (non-hydrogen) atoms. The van der Waals surface area contributed by atoms with Gasteiger partial charge in [-0.25, -0.2) is 0 Å². The number of hydrogen-bond donors (Lipinski definition) is 2. The number of amides is 2. The second-order valence-corrected chi connectivity index (χ2v) is 7.14. The Morgan fingerprint density at radius 3 is 2.54 bits per heavy atom. The highest BCUT2D eigenvalue weighted by atomic mass is 35.5. The summed E-state index contributed by atoms with van der Waals surface area (Å²) >= 11 is 7.29. The van der Waals surface area contributed by atoms with Gasteiger partial charge in [-0.05, 0) is 57.0 Å². The van der Waals surface area contributed by atoms with E-state index in [-0.39, 0.29) is 5.91 Å². The van der Waals surface area contributed by atoms with E-state index in [1.165, 1.54) is 11.3 Å². The molecule has 0 unspecified atom stereocenters. The van der Waals surface area contributed by atoms with Crippen LogP contribution < -0.4 is 15.8 Å². The number of carbonyl (C=O) groups excluding carboxylic acids is 2. The first-order valence-corrected chi connectivity index (χ1v) is 8.53. The Kier molecular flexibility index (Phi) is 5.51. The summed E-state index contributed by atoms with van der Waals surface area (Å²) in [5.41, 5.74) is 7.40. The van der Waals surface area contributed by atoms with Crippen LogP contribution in [0.1, 0.15) is 33.3 Å². The largest absolute Gasteiger partial charge is 0.481 e. The highest BCUT2D eigenvalue weighted by molar-refractivity contribution is 7.16. The molecule has 2 amide bonds. The standard InChI is InChI=1S/C17H19ClN2O3S/c1-8-7-12(5-6-13(8)18)23-10(3)16(22)20-17-14(15(19)21)9(2)11(4)24-17/h5-7,10H,1-4H3,(H2,19,21)(H,20,22)/t10-/m0/s1. The second-order valence-electron chi connectivity index (χ2n) is 5.51. The third kappa shape index (κ3) is 3.88. The minimum absolute atomic E-state index is 0.348. The Morgan fingerprint density at radius 2 is 1.96 bits per heavy atom. The Labute approximate surface area is 149 Å². The first-order chi connectivity index (χ1) is 11.2. The zero-order valence-electron chi connectivity index (χ0n) is 13.9. The molecule has 3 N–H and O–H groups in total. The summed E-state index contributed by atoms with van der Waals surface area (Å²) in [7, 11) is 0. The lowest BCUT2D eigenvalue weighted by molar-refractivity contribution is -0.122. The number of anilines is 1. The Bertz CT molecular complexity index is 801. The van der Waals surface area contributed by atoms with Crippen LogP contribution >= 0.6 is 22.9 Å². The first kappa shape index (κ1) is 18.3. The van der Waals surface area contributed by atoms with Gasteiger partial charge in [-0.15, -0.1) is 11.3 Å². The summed E-state index contributed by atoms with van der Waals surface area (Å²) in [6.45, 7) is 7.17. The Balaban J connectivity index is 2.13. The molecule has 1 heterocycles. The summed E-state index contributed by atoms with van der Waals surface area (Å²) in [5.74, 6) is -0.367. The highest BCUT2D eigenvalue weighted by Crippen LogP contribution is 2.32. The van der Waals surface area contributed by atoms with Crippen LogP contribution in [0.3, 0.4) is 0 Å². The summed E-state index contributed by atoms with van der Waals surface area (Å²) < 4.78 is 5.64. The van der Waals surface area contributed by atoms with Crippen molar-refractivity contribution >= 4 is 39.8 Å². The van der Waals surface area contributed by atoms with Gasteiger partial charge >= 0.3 is 0 Å². The lowest BCUT2D eigenvalue weighted by Crippen LogP contribution is -2.30. The number of nitrogens with one attached hydrogen (secondary N) is 1. The van der Waals surface area contributed by atoms with Gasteiger partial charge in [0.15, 0.2) is 6.10 Å². The van der Waals surface area contributed by atoms with Crippen LogP contribution in [-0.4, -0.2) is 17.9 Å². The van der Waals surface area contributed by atoms with Crippen LogP contribution in [0.15, 0.2) is 18.2 Å². The quantitative estimate of drug-likeness (QED) is 0.843. The predicted octanol–water partition coefficient (Wildman–Crippen LogP) is 3.83. The molecular formula is C17H19ClN2O3S. The fourth-order valence-electron chi connectivity index (χ4n) is 2.17. The molecule has 0 bridgehead atoms. The molecule has 0 aliphatic heterocycles. The average Bonchev–Trinajstić information content (AvgIpc) is 2.77. The molecule has 7 heteroatoms. The van der Waals surface area contributed by atoms with Crippen LogP contribution in [0.5, 0.6) is 5.75 Å². The summed E-state index contributed by atoms with van der Waals surface area (Å²) in [6, 6.07) is 5.18. The van der Waals surface area contributed by atoms with Gasteiger partial charge in [0.05, 0.1) is 5.56 Å². The molecule has 1 aromatic heterocycles. The molecular weight excluding hydrogens is 348 g/mol. The maximum Gasteiger partial charge on any atom is 0.265 e. The van der Waals surface area contributed by atoms with Gasteiger partial charge in [0, 0.05) is 9.90 Å². The van der Waals surface area contributed by atoms with Crippen LogP contribution in [0, 0.1) is 20.8 Å². The van der Waals surface area contributed by atoms with E-state index in [0.717, 1.165) is 16.0 Å². The molecule has 0 saturated heterocycles. The SMILES string of the molecule is Cc1cc(O[C@@H](C)C(=O)Nc2sc(C)c(C)c2C(N)=O)ccc1Cl. The smallest absolute Gasteiger partial charge is 0.265 e. The molecule has 0 fully saturated rings. The summed E-state index contributed by atoms with van der Waals surface area (Å²) in [6.07, 6.45) is -0.742. The fraction of sp³-hybridized carbons (Fsp3) is 0.294. The molecule has 1 aromatic carbocycles. The number of rotatable bonds is 5. The predicted molar refractivity (Wildman–Crippen MR) is 97.2 cm³/mol. The minimum Gasteiger partial charge on any atom is -0.481 e. The molecule has 0 spiro atoms. The van der Waals surface area contributed by atoms with Gasteiger partial charge in [-0.2, -0.15) is 0 Å². The van der Waals surface area contributed by atoms with Gasteiger partial charge < -0.3 is 15.8 Å². The molecule has 0 saturated carbocycles. The number of carbonyl (C=O) groups is 2. The van der Waals surface area contributed by atoms with E-state index >= 15 is 0 Å². The Morgan fingerprint density at radius 1 is 1.29 bits per heavy atom. The van der Waals surface area contributed by atoms with E-state index in [0.29, 0.717) is 21.3 Å². The van der Waals surface area contributed by atoms with Gasteiger partial charge in [-0.3, -0.25) is 9.59 Å². The minimum atomic E-state index is -0.742. The van der Waals surface area contributed by atoms with E-state index in [1.807, 2.05) is 13.8 Å². The van der Waals surface area contributed by atoms with Crippen molar-refractivity contribution in [2.75, 3.05) is 5.32 Å². The molecule has 0 radical (unpaired) electrons. The fourth-order valence-corrected chi connectivity index (χ4v) is 3.36. The van der Waals surface area contributed by atoms with Crippen LogP contribution in [0.4, 0.5) is 5.00 Å². The molecule has 128 valence electrons. The zero-order chi connectivity index (χ0) is 18.0. The van der Waals surface area contributed by atoms with Crippen LogP contribution in [0.2, 0.25) is 5.02 Å². The number of ether oxygens (including phenoxy) is 1. The number of halogens is 1. The van der Waals surface area contributed by atoms with Gasteiger partial charge in [0.2, 0.25) is 0 Å². The molecule has 0 aliphatic rings. The van der Waals surface area contributed by atoms with Crippen molar-refractivity contribution in [3.8, 4) is 5.75 Å². The van der Waals surface area contributed by atoms with E-state index < -0.39 is 12.0 Å². The van der Waals surface area contributed by atoms with Crippen molar-refractivity contribution < 1.29 is 14.3 Å². The van der Waals surface area contributed by atoms with Crippen molar-refractivity contribution in [1.29, 1.82) is 0 Å². The van der Waals surface area contributed by atoms with Crippen LogP contribution in [-0.2, 0) is 4.79 Å². The van der Waals surface area contributed by atoms with Crippen molar-refractivity contribution in [2.24, 2.45) is 5.73 Å². The van der Waals surface area contributed by atoms with Crippen molar-refractivity contribution in [1.82, 2.24) is 0 Å². The average molecular weight is 367 g/mol. The maximum atomic E-state index is 12.4.